The Labute approximate surface area is 147 Å². The molecule has 0 radical (unpaired) electrons. The minimum Gasteiger partial charge on any atom is -0.339 e. The predicted molar refractivity (Wildman–Crippen MR) is 88.5 cm³/mol. The lowest BCUT2D eigenvalue weighted by molar-refractivity contribution is -0.388. The van der Waals surface area contributed by atoms with E-state index in [1.54, 1.807) is 4.90 Å². The molecule has 9 heteroatoms. The van der Waals surface area contributed by atoms with Gasteiger partial charge in [-0.25, -0.2) is 0 Å². The highest BCUT2D eigenvalue weighted by molar-refractivity contribution is 8.00. The van der Waals surface area contributed by atoms with Gasteiger partial charge in [0.25, 0.3) is 5.69 Å². The molecule has 1 heterocycles. The highest BCUT2D eigenvalue weighted by Crippen LogP contribution is 2.36. The fourth-order valence-electron chi connectivity index (χ4n) is 2.93. The molecule has 0 bridgehead atoms. The van der Waals surface area contributed by atoms with Crippen molar-refractivity contribution in [2.75, 3.05) is 12.3 Å². The van der Waals surface area contributed by atoms with Crippen molar-refractivity contribution in [1.29, 1.82) is 0 Å². The molecule has 1 saturated heterocycles. The minimum absolute atomic E-state index is 0.0251. The zero-order chi connectivity index (χ0) is 18.6. The molecule has 1 aromatic carbocycles. The summed E-state index contributed by atoms with van der Waals surface area (Å²) in [5.41, 5.74) is -1.70. The second-order valence-electron chi connectivity index (χ2n) is 5.87. The van der Waals surface area contributed by atoms with Crippen LogP contribution in [0.25, 0.3) is 0 Å². The lowest BCUT2D eigenvalue weighted by Crippen LogP contribution is -2.44. The van der Waals surface area contributed by atoms with Crippen molar-refractivity contribution < 1.29 is 22.9 Å². The molecule has 1 amide bonds. The summed E-state index contributed by atoms with van der Waals surface area (Å²) in [6, 6.07) is 2.55. The molecular formula is C16H19F3N2O3S. The van der Waals surface area contributed by atoms with Gasteiger partial charge in [-0.15, -0.1) is 11.8 Å². The molecule has 2 rings (SSSR count). The maximum atomic E-state index is 12.7. The smallest absolute Gasteiger partial charge is 0.339 e. The summed E-state index contributed by atoms with van der Waals surface area (Å²) in [6.07, 6.45) is -0.872. The van der Waals surface area contributed by atoms with Crippen molar-refractivity contribution in [3.63, 3.8) is 0 Å². The number of amides is 1. The number of carbonyl (C=O) groups is 1. The van der Waals surface area contributed by atoms with Gasteiger partial charge in [0.05, 0.1) is 21.1 Å². The van der Waals surface area contributed by atoms with Gasteiger partial charge in [-0.3, -0.25) is 14.9 Å². The van der Waals surface area contributed by atoms with Gasteiger partial charge in [0.2, 0.25) is 5.91 Å². The summed E-state index contributed by atoms with van der Waals surface area (Å²) < 4.78 is 38.1. The number of likely N-dealkylation sites (tertiary alicyclic amines) is 1. The van der Waals surface area contributed by atoms with Crippen LogP contribution in [0.3, 0.4) is 0 Å². The van der Waals surface area contributed by atoms with Crippen LogP contribution in [-0.2, 0) is 11.0 Å². The minimum atomic E-state index is -4.65. The predicted octanol–water partition coefficient (Wildman–Crippen LogP) is 4.50. The summed E-state index contributed by atoms with van der Waals surface area (Å²) in [5.74, 6) is -0.159. The summed E-state index contributed by atoms with van der Waals surface area (Å²) in [4.78, 5) is 24.5. The van der Waals surface area contributed by atoms with Crippen LogP contribution >= 0.6 is 11.8 Å². The van der Waals surface area contributed by atoms with Gasteiger partial charge in [-0.05, 0) is 37.8 Å². The zero-order valence-electron chi connectivity index (χ0n) is 13.7. The third-order valence-electron chi connectivity index (χ3n) is 4.25. The molecule has 1 fully saturated rings. The molecule has 5 nitrogen and oxygen atoms in total. The maximum Gasteiger partial charge on any atom is 0.416 e. The normalized spacial score (nSPS) is 18.2. The fourth-order valence-corrected chi connectivity index (χ4v) is 3.82. The number of thioether (sulfide) groups is 1. The lowest BCUT2D eigenvalue weighted by Gasteiger charge is -2.35. The number of rotatable bonds is 5. The second kappa shape index (κ2) is 8.07. The molecule has 1 aromatic rings. The van der Waals surface area contributed by atoms with Crippen LogP contribution in [0.5, 0.6) is 0 Å². The lowest BCUT2D eigenvalue weighted by atomic mass is 10.0. The summed E-state index contributed by atoms with van der Waals surface area (Å²) in [6.45, 7) is 2.66. The van der Waals surface area contributed by atoms with E-state index in [1.807, 2.05) is 6.92 Å². The maximum absolute atomic E-state index is 12.7. The molecule has 0 saturated carbocycles. The average molecular weight is 376 g/mol. The first-order chi connectivity index (χ1) is 11.7. The van der Waals surface area contributed by atoms with Crippen molar-refractivity contribution >= 4 is 23.4 Å². The Morgan fingerprint density at radius 1 is 1.40 bits per heavy atom. The molecule has 1 aliphatic rings. The van der Waals surface area contributed by atoms with Crippen LogP contribution in [0.4, 0.5) is 18.9 Å². The molecule has 1 atom stereocenters. The van der Waals surface area contributed by atoms with Gasteiger partial charge in [0.15, 0.2) is 0 Å². The SMILES string of the molecule is CCC1CCCCN1C(=O)CSc1ccc(C(F)(F)F)cc1[N+](=O)[O-]. The van der Waals surface area contributed by atoms with E-state index in [0.29, 0.717) is 12.6 Å². The molecule has 138 valence electrons. The van der Waals surface area contributed by atoms with E-state index in [1.165, 1.54) is 0 Å². The van der Waals surface area contributed by atoms with Gasteiger partial charge in [-0.2, -0.15) is 13.2 Å². The number of nitrogens with zero attached hydrogens (tertiary/aromatic N) is 2. The largest absolute Gasteiger partial charge is 0.416 e. The Bertz CT molecular complexity index is 652. The Balaban J connectivity index is 2.11. The Morgan fingerprint density at radius 3 is 2.72 bits per heavy atom. The topological polar surface area (TPSA) is 63.5 Å². The van der Waals surface area contributed by atoms with Crippen LogP contribution in [0.15, 0.2) is 23.1 Å². The summed E-state index contributed by atoms with van der Waals surface area (Å²) in [5, 5.41) is 11.1. The number of nitro groups is 1. The fraction of sp³-hybridized carbons (Fsp3) is 0.562. The second-order valence-corrected chi connectivity index (χ2v) is 6.89. The number of halogens is 3. The highest BCUT2D eigenvalue weighted by Gasteiger charge is 2.33. The molecule has 25 heavy (non-hydrogen) atoms. The van der Waals surface area contributed by atoms with Gasteiger partial charge in [0, 0.05) is 18.7 Å². The van der Waals surface area contributed by atoms with E-state index in [9.17, 15) is 28.1 Å². The van der Waals surface area contributed by atoms with Crippen LogP contribution in [0.2, 0.25) is 0 Å². The molecule has 0 aliphatic carbocycles. The number of piperidine rings is 1. The first-order valence-corrected chi connectivity index (χ1v) is 9.00. The number of alkyl halides is 3. The van der Waals surface area contributed by atoms with Crippen molar-refractivity contribution in [2.45, 2.75) is 49.7 Å². The highest BCUT2D eigenvalue weighted by atomic mass is 32.2. The number of benzene rings is 1. The van der Waals surface area contributed by atoms with E-state index in [0.717, 1.165) is 49.6 Å². The Hall–Kier alpha value is -1.77. The van der Waals surface area contributed by atoms with Crippen LogP contribution in [0, 0.1) is 10.1 Å². The van der Waals surface area contributed by atoms with E-state index in [-0.39, 0.29) is 22.6 Å². The number of nitro benzene ring substituents is 1. The van der Waals surface area contributed by atoms with Gasteiger partial charge >= 0.3 is 6.18 Å². The first kappa shape index (κ1) is 19.6. The Kier molecular flexibility index (Phi) is 6.31. The third kappa shape index (κ3) is 4.87. The molecule has 1 aliphatic heterocycles. The molecular weight excluding hydrogens is 357 g/mol. The van der Waals surface area contributed by atoms with E-state index < -0.39 is 22.4 Å². The summed E-state index contributed by atoms with van der Waals surface area (Å²) in [7, 11) is 0. The molecule has 0 aromatic heterocycles. The van der Waals surface area contributed by atoms with Gasteiger partial charge < -0.3 is 4.90 Å². The quantitative estimate of drug-likeness (QED) is 0.431. The Morgan fingerprint density at radius 2 is 2.12 bits per heavy atom. The average Bonchev–Trinajstić information content (AvgIpc) is 2.58. The third-order valence-corrected chi connectivity index (χ3v) is 5.30. The van der Waals surface area contributed by atoms with Gasteiger partial charge in [0.1, 0.15) is 0 Å². The number of hydrogen-bond acceptors (Lipinski definition) is 4. The standard InChI is InChI=1S/C16H19F3N2O3S/c1-2-12-5-3-4-8-20(12)15(22)10-25-14-7-6-11(16(17,18)19)9-13(14)21(23)24/h6-7,9,12H,2-5,8,10H2,1H3. The monoisotopic (exact) mass is 376 g/mol. The van der Waals surface area contributed by atoms with Crippen molar-refractivity contribution in [3.05, 3.63) is 33.9 Å². The molecule has 0 spiro atoms. The number of hydrogen-bond donors (Lipinski definition) is 0. The van der Waals surface area contributed by atoms with E-state index in [2.05, 4.69) is 0 Å². The van der Waals surface area contributed by atoms with Crippen molar-refractivity contribution in [2.24, 2.45) is 0 Å². The summed E-state index contributed by atoms with van der Waals surface area (Å²) >= 11 is 0.909. The van der Waals surface area contributed by atoms with Gasteiger partial charge in [-0.1, -0.05) is 6.92 Å². The number of carbonyl (C=O) groups excluding carboxylic acids is 1. The molecule has 0 N–H and O–H groups in total. The van der Waals surface area contributed by atoms with Crippen LogP contribution in [-0.4, -0.2) is 34.1 Å². The van der Waals surface area contributed by atoms with Crippen LogP contribution in [0.1, 0.15) is 38.2 Å². The van der Waals surface area contributed by atoms with Crippen molar-refractivity contribution in [3.8, 4) is 0 Å². The first-order valence-electron chi connectivity index (χ1n) is 8.02. The van der Waals surface area contributed by atoms with E-state index >= 15 is 0 Å². The van der Waals surface area contributed by atoms with Crippen molar-refractivity contribution in [1.82, 2.24) is 4.90 Å². The molecule has 1 unspecified atom stereocenters. The van der Waals surface area contributed by atoms with E-state index in [4.69, 9.17) is 0 Å². The van der Waals surface area contributed by atoms with Crippen LogP contribution < -0.4 is 0 Å². The zero-order valence-corrected chi connectivity index (χ0v) is 14.5.